The van der Waals surface area contributed by atoms with Crippen LogP contribution >= 0.6 is 11.8 Å². The monoisotopic (exact) mass is 539 g/mol. The van der Waals surface area contributed by atoms with Gasteiger partial charge in [0.15, 0.2) is 11.6 Å². The zero-order chi connectivity index (χ0) is 27.1. The van der Waals surface area contributed by atoms with E-state index in [2.05, 4.69) is 38.3 Å². The molecular formula is C29H26FN7OS. The molecule has 1 N–H and O–H groups in total. The molecule has 0 saturated carbocycles. The first-order valence-corrected chi connectivity index (χ1v) is 13.3. The van der Waals surface area contributed by atoms with E-state index in [-0.39, 0.29) is 5.69 Å². The molecule has 39 heavy (non-hydrogen) atoms. The number of hydrogen-bond donors (Lipinski definition) is 1. The SMILES string of the molecule is C=CC(=C)N1CC(Sc2ccc3ncnc(Nc4ccc(Oc5ccc6c(c5)ncn6C)c(C)c4F)c3n2)C1. The summed E-state index contributed by atoms with van der Waals surface area (Å²) in [6, 6.07) is 12.8. The number of pyridine rings is 1. The second kappa shape index (κ2) is 10.0. The Hall–Kier alpha value is -4.44. The fraction of sp³-hybridized carbons (Fsp3) is 0.172. The number of likely N-dealkylation sites (tertiary alicyclic amines) is 1. The molecule has 1 aliphatic rings. The van der Waals surface area contributed by atoms with E-state index < -0.39 is 5.82 Å². The summed E-state index contributed by atoms with van der Waals surface area (Å²) >= 11 is 1.69. The Morgan fingerprint density at radius 2 is 1.97 bits per heavy atom. The number of anilines is 2. The quantitative estimate of drug-likeness (QED) is 0.228. The van der Waals surface area contributed by atoms with Crippen molar-refractivity contribution in [2.45, 2.75) is 17.2 Å². The van der Waals surface area contributed by atoms with Crippen LogP contribution in [0.4, 0.5) is 15.9 Å². The molecule has 1 aliphatic heterocycles. The van der Waals surface area contributed by atoms with Gasteiger partial charge < -0.3 is 19.5 Å². The molecule has 2 aromatic carbocycles. The summed E-state index contributed by atoms with van der Waals surface area (Å²) in [5, 5.41) is 4.38. The summed E-state index contributed by atoms with van der Waals surface area (Å²) in [4.78, 5) is 20.0. The summed E-state index contributed by atoms with van der Waals surface area (Å²) < 4.78 is 23.4. The number of ether oxygens (including phenoxy) is 1. The molecule has 5 aromatic rings. The summed E-state index contributed by atoms with van der Waals surface area (Å²) in [6.45, 7) is 11.2. The Kier molecular flexibility index (Phi) is 6.40. The molecule has 0 atom stereocenters. The van der Waals surface area contributed by atoms with Crippen LogP contribution in [0.2, 0.25) is 0 Å². The Labute approximate surface area is 229 Å². The maximum Gasteiger partial charge on any atom is 0.160 e. The zero-order valence-electron chi connectivity index (χ0n) is 21.6. The molecule has 196 valence electrons. The lowest BCUT2D eigenvalue weighted by atomic mass is 10.1. The molecule has 4 heterocycles. The van der Waals surface area contributed by atoms with Gasteiger partial charge in [0.1, 0.15) is 23.3 Å². The molecule has 0 bridgehead atoms. The highest BCUT2D eigenvalue weighted by atomic mass is 32.2. The van der Waals surface area contributed by atoms with Gasteiger partial charge in [0, 0.05) is 42.7 Å². The molecule has 0 amide bonds. The lowest BCUT2D eigenvalue weighted by Gasteiger charge is -2.40. The van der Waals surface area contributed by atoms with Crippen LogP contribution in [0.5, 0.6) is 11.5 Å². The fourth-order valence-electron chi connectivity index (χ4n) is 4.43. The Balaban J connectivity index is 1.22. The van der Waals surface area contributed by atoms with Crippen molar-refractivity contribution in [1.82, 2.24) is 29.4 Å². The summed E-state index contributed by atoms with van der Waals surface area (Å²) in [5.41, 5.74) is 4.64. The Morgan fingerprint density at radius 1 is 1.13 bits per heavy atom. The van der Waals surface area contributed by atoms with Crippen molar-refractivity contribution >= 4 is 45.3 Å². The van der Waals surface area contributed by atoms with E-state index in [4.69, 9.17) is 9.72 Å². The van der Waals surface area contributed by atoms with Crippen molar-refractivity contribution in [2.75, 3.05) is 18.4 Å². The summed E-state index contributed by atoms with van der Waals surface area (Å²) in [5.74, 6) is 1.01. The van der Waals surface area contributed by atoms with Crippen molar-refractivity contribution < 1.29 is 9.13 Å². The molecule has 8 nitrogen and oxygen atoms in total. The first-order valence-electron chi connectivity index (χ1n) is 12.4. The van der Waals surface area contributed by atoms with Crippen molar-refractivity contribution in [1.29, 1.82) is 0 Å². The molecule has 1 saturated heterocycles. The minimum Gasteiger partial charge on any atom is -0.457 e. The van der Waals surface area contributed by atoms with Gasteiger partial charge in [-0.3, -0.25) is 0 Å². The number of imidazole rings is 1. The number of halogens is 1. The summed E-state index contributed by atoms with van der Waals surface area (Å²) in [7, 11) is 1.93. The minimum atomic E-state index is -0.430. The zero-order valence-corrected chi connectivity index (χ0v) is 22.4. The number of thioether (sulfide) groups is 1. The summed E-state index contributed by atoms with van der Waals surface area (Å²) in [6.07, 6.45) is 4.96. The van der Waals surface area contributed by atoms with Crippen LogP contribution in [-0.2, 0) is 7.05 Å². The number of allylic oxidation sites excluding steroid dienone is 1. The van der Waals surface area contributed by atoms with E-state index in [0.29, 0.717) is 39.2 Å². The molecular weight excluding hydrogens is 513 g/mol. The fourth-order valence-corrected chi connectivity index (χ4v) is 5.58. The molecule has 10 heteroatoms. The highest BCUT2D eigenvalue weighted by molar-refractivity contribution is 8.00. The van der Waals surface area contributed by atoms with Gasteiger partial charge in [0.25, 0.3) is 0 Å². The van der Waals surface area contributed by atoms with Crippen LogP contribution < -0.4 is 10.1 Å². The van der Waals surface area contributed by atoms with Crippen LogP contribution in [0.25, 0.3) is 22.1 Å². The maximum atomic E-state index is 15.5. The largest absolute Gasteiger partial charge is 0.457 e. The average Bonchev–Trinajstić information content (AvgIpc) is 3.29. The lowest BCUT2D eigenvalue weighted by Crippen LogP contribution is -2.47. The molecule has 3 aromatic heterocycles. The average molecular weight is 540 g/mol. The highest BCUT2D eigenvalue weighted by Gasteiger charge is 2.28. The Morgan fingerprint density at radius 3 is 2.79 bits per heavy atom. The highest BCUT2D eigenvalue weighted by Crippen LogP contribution is 2.35. The van der Waals surface area contributed by atoms with Crippen molar-refractivity contribution in [3.8, 4) is 11.5 Å². The predicted octanol–water partition coefficient (Wildman–Crippen LogP) is 6.37. The van der Waals surface area contributed by atoms with Crippen molar-refractivity contribution in [2.24, 2.45) is 7.05 Å². The predicted molar refractivity (Wildman–Crippen MR) is 153 cm³/mol. The topological polar surface area (TPSA) is 81.0 Å². The first kappa shape index (κ1) is 24.9. The van der Waals surface area contributed by atoms with Crippen LogP contribution in [-0.4, -0.2) is 47.7 Å². The third-order valence-electron chi connectivity index (χ3n) is 6.75. The molecule has 0 aliphatic carbocycles. The third kappa shape index (κ3) is 4.79. The van der Waals surface area contributed by atoms with Gasteiger partial charge in [-0.2, -0.15) is 0 Å². The van der Waals surface area contributed by atoms with E-state index in [1.807, 2.05) is 41.9 Å². The maximum absolute atomic E-state index is 15.5. The third-order valence-corrected chi connectivity index (χ3v) is 7.85. The van der Waals surface area contributed by atoms with Crippen LogP contribution in [0.15, 0.2) is 85.1 Å². The number of aryl methyl sites for hydroxylation is 1. The second-order valence-corrected chi connectivity index (χ2v) is 10.7. The van der Waals surface area contributed by atoms with Gasteiger partial charge >= 0.3 is 0 Å². The molecule has 0 unspecified atom stereocenters. The number of fused-ring (bicyclic) bond motifs is 2. The van der Waals surface area contributed by atoms with Gasteiger partial charge in [0.05, 0.1) is 33.6 Å². The number of benzene rings is 2. The molecule has 0 spiro atoms. The minimum absolute atomic E-state index is 0.275. The standard InChI is InChI=1S/C29H26FN7OS/c1-5-17(2)37-13-20(14-37)39-26-11-8-22-28(35-26)29(32-15-31-22)34-21-7-10-25(18(3)27(21)30)38-19-6-9-24-23(12-19)33-16-36(24)4/h5-12,15-16,20H,1-2,13-14H2,3-4H3,(H,31,32,34). The van der Waals surface area contributed by atoms with Crippen LogP contribution in [0.1, 0.15) is 5.56 Å². The van der Waals surface area contributed by atoms with E-state index in [9.17, 15) is 0 Å². The van der Waals surface area contributed by atoms with Gasteiger partial charge in [-0.25, -0.2) is 24.3 Å². The van der Waals surface area contributed by atoms with Crippen molar-refractivity contribution in [3.63, 3.8) is 0 Å². The molecule has 0 radical (unpaired) electrons. The first-order chi connectivity index (χ1) is 18.9. The Bertz CT molecular complexity index is 1750. The van der Waals surface area contributed by atoms with E-state index >= 15 is 4.39 Å². The number of nitrogens with one attached hydrogen (secondary N) is 1. The van der Waals surface area contributed by atoms with Crippen LogP contribution in [0, 0.1) is 12.7 Å². The van der Waals surface area contributed by atoms with Gasteiger partial charge in [-0.05, 0) is 49.4 Å². The number of hydrogen-bond acceptors (Lipinski definition) is 8. The van der Waals surface area contributed by atoms with Gasteiger partial charge in [0.2, 0.25) is 0 Å². The number of aromatic nitrogens is 5. The van der Waals surface area contributed by atoms with E-state index in [0.717, 1.165) is 34.8 Å². The van der Waals surface area contributed by atoms with Crippen molar-refractivity contribution in [3.05, 3.63) is 91.4 Å². The molecule has 1 fully saturated rings. The number of nitrogens with zero attached hydrogens (tertiary/aromatic N) is 6. The van der Waals surface area contributed by atoms with Gasteiger partial charge in [-0.1, -0.05) is 24.9 Å². The van der Waals surface area contributed by atoms with Crippen LogP contribution in [0.3, 0.4) is 0 Å². The smallest absolute Gasteiger partial charge is 0.160 e. The molecule has 6 rings (SSSR count). The van der Waals surface area contributed by atoms with E-state index in [1.54, 1.807) is 43.2 Å². The van der Waals surface area contributed by atoms with Gasteiger partial charge in [-0.15, -0.1) is 0 Å². The normalized spacial score (nSPS) is 13.5. The second-order valence-electron chi connectivity index (χ2n) is 9.36. The number of rotatable bonds is 8. The lowest BCUT2D eigenvalue weighted by molar-refractivity contribution is 0.258. The van der Waals surface area contributed by atoms with E-state index in [1.165, 1.54) is 6.33 Å².